The maximum absolute atomic E-state index is 11.7. The number of hydrogen-bond acceptors (Lipinski definition) is 2. The average molecular weight is 214 g/mol. The molecule has 0 aliphatic rings. The second-order valence-electron chi connectivity index (χ2n) is 3.15. The number of aliphatic hydroxyl groups excluding tert-OH is 1. The molecule has 0 aromatic carbocycles. The summed E-state index contributed by atoms with van der Waals surface area (Å²) in [7, 11) is 0. The van der Waals surface area contributed by atoms with E-state index in [0.717, 1.165) is 0 Å². The van der Waals surface area contributed by atoms with E-state index in [1.165, 1.54) is 0 Å². The topological polar surface area (TPSA) is 29.5 Å². The number of hydrogen-bond donors (Lipinski definition) is 1. The lowest BCUT2D eigenvalue weighted by Crippen LogP contribution is -2.14. The van der Waals surface area contributed by atoms with Crippen LogP contribution in [0.4, 0.5) is 13.2 Å². The first-order valence-electron chi connectivity index (χ1n) is 4.78. The third kappa shape index (κ3) is 9.80. The first kappa shape index (κ1) is 13.7. The molecule has 0 radical (unpaired) electrons. The van der Waals surface area contributed by atoms with E-state index in [0.29, 0.717) is 26.1 Å². The smallest absolute Gasteiger partial charge is 0.389 e. The van der Waals surface area contributed by atoms with Gasteiger partial charge in [0.05, 0.1) is 6.10 Å². The van der Waals surface area contributed by atoms with Gasteiger partial charge < -0.3 is 9.84 Å². The molecule has 0 rings (SSSR count). The fourth-order valence-corrected chi connectivity index (χ4v) is 1.04. The van der Waals surface area contributed by atoms with E-state index in [9.17, 15) is 13.2 Å². The van der Waals surface area contributed by atoms with Crippen LogP contribution in [0.25, 0.3) is 0 Å². The van der Waals surface area contributed by atoms with Crippen LogP contribution in [0.5, 0.6) is 0 Å². The molecule has 0 bridgehead atoms. The molecule has 1 N–H and O–H groups in total. The molecular weight excluding hydrogens is 197 g/mol. The van der Waals surface area contributed by atoms with Crippen molar-refractivity contribution in [3.63, 3.8) is 0 Å². The lowest BCUT2D eigenvalue weighted by Gasteiger charge is -2.11. The van der Waals surface area contributed by atoms with Crippen molar-refractivity contribution in [2.75, 3.05) is 13.2 Å². The van der Waals surface area contributed by atoms with E-state index >= 15 is 0 Å². The quantitative estimate of drug-likeness (QED) is 0.660. The monoisotopic (exact) mass is 214 g/mol. The maximum atomic E-state index is 11.7. The number of alkyl halides is 3. The van der Waals surface area contributed by atoms with Crippen LogP contribution in [0, 0.1) is 0 Å². The lowest BCUT2D eigenvalue weighted by molar-refractivity contribution is -0.140. The highest BCUT2D eigenvalue weighted by atomic mass is 19.4. The fourth-order valence-electron chi connectivity index (χ4n) is 1.04. The van der Waals surface area contributed by atoms with Crippen molar-refractivity contribution in [1.29, 1.82) is 0 Å². The number of aliphatic hydroxyl groups is 1. The molecule has 0 heterocycles. The van der Waals surface area contributed by atoms with Crippen LogP contribution in [-0.4, -0.2) is 30.6 Å². The summed E-state index contributed by atoms with van der Waals surface area (Å²) < 4.78 is 40.2. The molecule has 0 amide bonds. The Morgan fingerprint density at radius 3 is 2.43 bits per heavy atom. The Morgan fingerprint density at radius 1 is 1.29 bits per heavy atom. The summed E-state index contributed by atoms with van der Waals surface area (Å²) in [6.45, 7) is 2.94. The molecule has 1 atom stereocenters. The van der Waals surface area contributed by atoms with Crippen molar-refractivity contribution in [1.82, 2.24) is 0 Å². The third-order valence-electron chi connectivity index (χ3n) is 1.79. The normalized spacial score (nSPS) is 14.4. The largest absolute Gasteiger partial charge is 0.393 e. The molecule has 0 fully saturated rings. The van der Waals surface area contributed by atoms with Crippen molar-refractivity contribution in [2.45, 2.75) is 44.9 Å². The lowest BCUT2D eigenvalue weighted by atomic mass is 10.1. The Morgan fingerprint density at radius 2 is 1.93 bits per heavy atom. The summed E-state index contributed by atoms with van der Waals surface area (Å²) in [5.74, 6) is 0. The summed E-state index contributed by atoms with van der Waals surface area (Å²) in [5, 5.41) is 9.16. The molecule has 0 saturated heterocycles. The third-order valence-corrected chi connectivity index (χ3v) is 1.79. The van der Waals surface area contributed by atoms with Gasteiger partial charge in [-0.3, -0.25) is 0 Å². The molecule has 14 heavy (non-hydrogen) atoms. The second-order valence-corrected chi connectivity index (χ2v) is 3.15. The van der Waals surface area contributed by atoms with Gasteiger partial charge >= 0.3 is 6.18 Å². The predicted octanol–water partition coefficient (Wildman–Crippen LogP) is 2.51. The fraction of sp³-hybridized carbons (Fsp3) is 1.00. The molecule has 1 unspecified atom stereocenters. The van der Waals surface area contributed by atoms with Crippen LogP contribution in [0.15, 0.2) is 0 Å². The van der Waals surface area contributed by atoms with Gasteiger partial charge in [-0.2, -0.15) is 13.2 Å². The van der Waals surface area contributed by atoms with Crippen molar-refractivity contribution in [2.24, 2.45) is 0 Å². The standard InChI is InChI=1S/C9H17F3O2/c1-2-14-7-3-4-8(13)5-6-9(10,11)12/h8,13H,2-7H2,1H3. The first-order chi connectivity index (χ1) is 6.45. The summed E-state index contributed by atoms with van der Waals surface area (Å²) in [5.41, 5.74) is 0. The van der Waals surface area contributed by atoms with E-state index in [1.54, 1.807) is 0 Å². The van der Waals surface area contributed by atoms with Gasteiger partial charge in [-0.25, -0.2) is 0 Å². The van der Waals surface area contributed by atoms with Crippen LogP contribution in [0.2, 0.25) is 0 Å². The summed E-state index contributed by atoms with van der Waals surface area (Å²) in [6, 6.07) is 0. The van der Waals surface area contributed by atoms with Crippen LogP contribution in [-0.2, 0) is 4.74 Å². The van der Waals surface area contributed by atoms with Crippen LogP contribution >= 0.6 is 0 Å². The van der Waals surface area contributed by atoms with Gasteiger partial charge in [0.1, 0.15) is 0 Å². The first-order valence-corrected chi connectivity index (χ1v) is 4.78. The molecule has 0 aromatic heterocycles. The molecule has 2 nitrogen and oxygen atoms in total. The van der Waals surface area contributed by atoms with Gasteiger partial charge in [0.25, 0.3) is 0 Å². The van der Waals surface area contributed by atoms with Gasteiger partial charge in [-0.05, 0) is 26.2 Å². The van der Waals surface area contributed by atoms with Crippen LogP contribution < -0.4 is 0 Å². The Bertz CT molecular complexity index is 137. The van der Waals surface area contributed by atoms with E-state index in [1.807, 2.05) is 6.92 Å². The molecule has 0 spiro atoms. The second kappa shape index (κ2) is 7.06. The number of rotatable bonds is 7. The molecule has 86 valence electrons. The Balaban J connectivity index is 3.32. The zero-order valence-corrected chi connectivity index (χ0v) is 8.31. The van der Waals surface area contributed by atoms with Crippen molar-refractivity contribution in [3.8, 4) is 0 Å². The highest BCUT2D eigenvalue weighted by molar-refractivity contribution is 4.59. The van der Waals surface area contributed by atoms with Gasteiger partial charge in [0.15, 0.2) is 0 Å². The van der Waals surface area contributed by atoms with Crippen molar-refractivity contribution >= 4 is 0 Å². The SMILES string of the molecule is CCOCCCC(O)CCC(F)(F)F. The van der Waals surface area contributed by atoms with E-state index < -0.39 is 18.7 Å². The molecule has 5 heteroatoms. The van der Waals surface area contributed by atoms with E-state index in [2.05, 4.69) is 0 Å². The number of halogens is 3. The molecule has 0 aliphatic carbocycles. The van der Waals surface area contributed by atoms with Gasteiger partial charge in [-0.15, -0.1) is 0 Å². The van der Waals surface area contributed by atoms with Crippen LogP contribution in [0.1, 0.15) is 32.6 Å². The summed E-state index contributed by atoms with van der Waals surface area (Å²) in [4.78, 5) is 0. The highest BCUT2D eigenvalue weighted by Gasteiger charge is 2.27. The van der Waals surface area contributed by atoms with Crippen molar-refractivity contribution in [3.05, 3.63) is 0 Å². The minimum Gasteiger partial charge on any atom is -0.393 e. The zero-order valence-electron chi connectivity index (χ0n) is 8.31. The molecular formula is C9H17F3O2. The van der Waals surface area contributed by atoms with E-state index in [4.69, 9.17) is 9.84 Å². The van der Waals surface area contributed by atoms with Crippen molar-refractivity contribution < 1.29 is 23.0 Å². The minimum absolute atomic E-state index is 0.213. The van der Waals surface area contributed by atoms with Crippen LogP contribution in [0.3, 0.4) is 0 Å². The van der Waals surface area contributed by atoms with E-state index in [-0.39, 0.29) is 6.42 Å². The average Bonchev–Trinajstić information content (AvgIpc) is 2.08. The molecule has 0 saturated carbocycles. The predicted molar refractivity (Wildman–Crippen MR) is 47.0 cm³/mol. The highest BCUT2D eigenvalue weighted by Crippen LogP contribution is 2.23. The molecule has 0 aliphatic heterocycles. The number of ether oxygens (including phenoxy) is 1. The Labute approximate surface area is 82.1 Å². The van der Waals surface area contributed by atoms with Gasteiger partial charge in [-0.1, -0.05) is 0 Å². The summed E-state index contributed by atoms with van der Waals surface area (Å²) >= 11 is 0. The summed E-state index contributed by atoms with van der Waals surface area (Å²) in [6.07, 6.45) is -5.18. The zero-order chi connectivity index (χ0) is 11.0. The molecule has 0 aromatic rings. The minimum atomic E-state index is -4.17. The van der Waals surface area contributed by atoms with Gasteiger partial charge in [0.2, 0.25) is 0 Å². The maximum Gasteiger partial charge on any atom is 0.389 e. The Kier molecular flexibility index (Phi) is 6.92. The van der Waals surface area contributed by atoms with Gasteiger partial charge in [0, 0.05) is 19.6 Å². The Hall–Kier alpha value is -0.290.